The van der Waals surface area contributed by atoms with E-state index in [1.807, 2.05) is 81.5 Å². The highest BCUT2D eigenvalue weighted by Crippen LogP contribution is 2.28. The van der Waals surface area contributed by atoms with Crippen molar-refractivity contribution in [2.24, 2.45) is 5.41 Å². The molecule has 0 aliphatic carbocycles. The molecule has 1 heterocycles. The number of fused-ring (bicyclic) bond motifs is 1. The van der Waals surface area contributed by atoms with E-state index in [-0.39, 0.29) is 5.91 Å². The van der Waals surface area contributed by atoms with Gasteiger partial charge in [0.25, 0.3) is 0 Å². The number of methoxy groups -OCH3 is 1. The maximum Gasteiger partial charge on any atom is 0.229 e. The first-order valence-electron chi connectivity index (χ1n) is 8.90. The van der Waals surface area contributed by atoms with Gasteiger partial charge in [0.2, 0.25) is 5.91 Å². The summed E-state index contributed by atoms with van der Waals surface area (Å²) in [6.45, 7) is 5.68. The third kappa shape index (κ3) is 4.34. The van der Waals surface area contributed by atoms with Gasteiger partial charge in [0.1, 0.15) is 5.75 Å². The molecule has 0 radical (unpaired) electrons. The zero-order valence-electron chi connectivity index (χ0n) is 16.1. The molecule has 0 bridgehead atoms. The number of carbonyl (C=O) groups excluding carboxylic acids is 1. The molecule has 0 aliphatic rings. The molecule has 1 amide bonds. The second kappa shape index (κ2) is 7.62. The van der Waals surface area contributed by atoms with E-state index in [1.54, 1.807) is 13.3 Å². The topological polar surface area (TPSA) is 51.2 Å². The Balaban J connectivity index is 1.97. The van der Waals surface area contributed by atoms with Crippen LogP contribution in [-0.2, 0) is 4.79 Å². The maximum atomic E-state index is 12.4. The van der Waals surface area contributed by atoms with Gasteiger partial charge >= 0.3 is 0 Å². The molecule has 0 fully saturated rings. The van der Waals surface area contributed by atoms with Crippen LogP contribution >= 0.6 is 0 Å². The molecule has 0 atom stereocenters. The molecule has 138 valence electrons. The third-order valence-electron chi connectivity index (χ3n) is 4.28. The summed E-state index contributed by atoms with van der Waals surface area (Å²) in [6, 6.07) is 15.7. The number of amides is 1. The lowest BCUT2D eigenvalue weighted by molar-refractivity contribution is -0.123. The number of hydrogen-bond donors (Lipinski definition) is 1. The van der Waals surface area contributed by atoms with Crippen LogP contribution in [0.4, 0.5) is 5.69 Å². The Bertz CT molecular complexity index is 1000. The fraction of sp³-hybridized carbons (Fsp3) is 0.217. The highest BCUT2D eigenvalue weighted by atomic mass is 16.5. The lowest BCUT2D eigenvalue weighted by Crippen LogP contribution is -2.27. The first kappa shape index (κ1) is 18.6. The van der Waals surface area contributed by atoms with Crippen molar-refractivity contribution in [2.75, 3.05) is 12.4 Å². The molecule has 2 aromatic carbocycles. The van der Waals surface area contributed by atoms with Gasteiger partial charge in [-0.05, 0) is 35.4 Å². The Morgan fingerprint density at radius 2 is 1.89 bits per heavy atom. The van der Waals surface area contributed by atoms with Crippen molar-refractivity contribution < 1.29 is 9.53 Å². The summed E-state index contributed by atoms with van der Waals surface area (Å²) in [4.78, 5) is 16.9. The third-order valence-corrected chi connectivity index (χ3v) is 4.28. The normalized spacial score (nSPS) is 11.7. The second-order valence-electron chi connectivity index (χ2n) is 7.42. The predicted octanol–water partition coefficient (Wildman–Crippen LogP) is 5.40. The molecule has 4 heteroatoms. The van der Waals surface area contributed by atoms with Crippen LogP contribution in [0.3, 0.4) is 0 Å². The van der Waals surface area contributed by atoms with Crippen LogP contribution in [0.15, 0.2) is 54.7 Å². The van der Waals surface area contributed by atoms with E-state index in [0.717, 1.165) is 33.5 Å². The summed E-state index contributed by atoms with van der Waals surface area (Å²) in [6.07, 6.45) is 5.83. The summed E-state index contributed by atoms with van der Waals surface area (Å²) in [5, 5.41) is 3.99. The van der Waals surface area contributed by atoms with E-state index in [2.05, 4.69) is 10.3 Å². The number of ether oxygens (including phenoxy) is 1. The maximum absolute atomic E-state index is 12.4. The van der Waals surface area contributed by atoms with E-state index < -0.39 is 5.41 Å². The molecule has 27 heavy (non-hydrogen) atoms. The molecular weight excluding hydrogens is 336 g/mol. The summed E-state index contributed by atoms with van der Waals surface area (Å²) in [5.74, 6) is 0.790. The Morgan fingerprint density at radius 3 is 2.63 bits per heavy atom. The minimum atomic E-state index is -0.466. The summed E-state index contributed by atoms with van der Waals surface area (Å²) >= 11 is 0. The van der Waals surface area contributed by atoms with Crippen LogP contribution in [0.2, 0.25) is 0 Å². The number of hydrogen-bond acceptors (Lipinski definition) is 3. The molecule has 0 unspecified atom stereocenters. The SMILES string of the molecule is COc1cccc(C=Cc2ccc(NC(=O)C(C)(C)C)c3ncccc23)c1. The molecule has 0 spiro atoms. The fourth-order valence-electron chi connectivity index (χ4n) is 2.68. The average molecular weight is 360 g/mol. The Hall–Kier alpha value is -3.14. The van der Waals surface area contributed by atoms with Gasteiger partial charge in [0.15, 0.2) is 0 Å². The predicted molar refractivity (Wildman–Crippen MR) is 112 cm³/mol. The Morgan fingerprint density at radius 1 is 1.07 bits per heavy atom. The number of aromatic nitrogens is 1. The molecule has 0 aliphatic heterocycles. The van der Waals surface area contributed by atoms with Crippen molar-refractivity contribution in [3.05, 3.63) is 65.9 Å². The molecule has 3 rings (SSSR count). The summed E-state index contributed by atoms with van der Waals surface area (Å²) in [7, 11) is 1.66. The minimum Gasteiger partial charge on any atom is -0.497 e. The number of pyridine rings is 1. The quantitative estimate of drug-likeness (QED) is 0.634. The molecule has 1 N–H and O–H groups in total. The van der Waals surface area contributed by atoms with Crippen LogP contribution in [0.5, 0.6) is 5.75 Å². The minimum absolute atomic E-state index is 0.0332. The smallest absolute Gasteiger partial charge is 0.229 e. The van der Waals surface area contributed by atoms with Gasteiger partial charge in [0.05, 0.1) is 18.3 Å². The van der Waals surface area contributed by atoms with Gasteiger partial charge in [-0.15, -0.1) is 0 Å². The number of anilines is 1. The standard InChI is InChI=1S/C23H24N2O2/c1-23(2,3)22(26)25-20-13-12-17(19-9-6-14-24-21(19)20)11-10-16-7-5-8-18(15-16)27-4/h5-15H,1-4H3,(H,25,26). The van der Waals surface area contributed by atoms with Crippen molar-refractivity contribution >= 4 is 34.6 Å². The Labute approximate surface area is 159 Å². The fourth-order valence-corrected chi connectivity index (χ4v) is 2.68. The number of nitrogens with zero attached hydrogens (tertiary/aromatic N) is 1. The van der Waals surface area contributed by atoms with E-state index >= 15 is 0 Å². The van der Waals surface area contributed by atoms with Crippen molar-refractivity contribution in [2.45, 2.75) is 20.8 Å². The van der Waals surface area contributed by atoms with Crippen LogP contribution in [0.1, 0.15) is 31.9 Å². The lowest BCUT2D eigenvalue weighted by Gasteiger charge is -2.18. The molecule has 1 aromatic heterocycles. The zero-order chi connectivity index (χ0) is 19.4. The highest BCUT2D eigenvalue weighted by Gasteiger charge is 2.22. The first-order chi connectivity index (χ1) is 12.9. The Kier molecular flexibility index (Phi) is 5.26. The largest absolute Gasteiger partial charge is 0.497 e. The van der Waals surface area contributed by atoms with Crippen molar-refractivity contribution in [3.63, 3.8) is 0 Å². The monoisotopic (exact) mass is 360 g/mol. The first-order valence-corrected chi connectivity index (χ1v) is 8.90. The van der Waals surface area contributed by atoms with Gasteiger partial charge in [-0.1, -0.05) is 57.2 Å². The van der Waals surface area contributed by atoms with E-state index in [1.165, 1.54) is 0 Å². The van der Waals surface area contributed by atoms with E-state index in [0.29, 0.717) is 0 Å². The highest BCUT2D eigenvalue weighted by molar-refractivity contribution is 6.04. The molecular formula is C23H24N2O2. The summed E-state index contributed by atoms with van der Waals surface area (Å²) < 4.78 is 5.27. The zero-order valence-corrected chi connectivity index (χ0v) is 16.1. The van der Waals surface area contributed by atoms with Crippen LogP contribution in [0, 0.1) is 5.41 Å². The second-order valence-corrected chi connectivity index (χ2v) is 7.42. The summed E-state index contributed by atoms with van der Waals surface area (Å²) in [5.41, 5.74) is 3.13. The molecule has 0 saturated heterocycles. The number of carbonyl (C=O) groups is 1. The molecule has 0 saturated carbocycles. The van der Waals surface area contributed by atoms with E-state index in [9.17, 15) is 4.79 Å². The lowest BCUT2D eigenvalue weighted by atomic mass is 9.95. The van der Waals surface area contributed by atoms with E-state index in [4.69, 9.17) is 4.74 Å². The number of nitrogens with one attached hydrogen (secondary N) is 1. The number of rotatable bonds is 4. The van der Waals surface area contributed by atoms with Crippen LogP contribution in [0.25, 0.3) is 23.1 Å². The molecule has 4 nitrogen and oxygen atoms in total. The van der Waals surface area contributed by atoms with Gasteiger partial charge in [-0.3, -0.25) is 9.78 Å². The van der Waals surface area contributed by atoms with Crippen LogP contribution < -0.4 is 10.1 Å². The van der Waals surface area contributed by atoms with Crippen molar-refractivity contribution in [3.8, 4) is 5.75 Å². The average Bonchev–Trinajstić information content (AvgIpc) is 2.66. The van der Waals surface area contributed by atoms with Crippen LogP contribution in [-0.4, -0.2) is 18.0 Å². The van der Waals surface area contributed by atoms with Crippen molar-refractivity contribution in [1.29, 1.82) is 0 Å². The molecule has 3 aromatic rings. The number of benzene rings is 2. The van der Waals surface area contributed by atoms with Gasteiger partial charge < -0.3 is 10.1 Å². The van der Waals surface area contributed by atoms with Crippen molar-refractivity contribution in [1.82, 2.24) is 4.98 Å². The van der Waals surface area contributed by atoms with Gasteiger partial charge in [0, 0.05) is 17.0 Å². The van der Waals surface area contributed by atoms with Gasteiger partial charge in [-0.2, -0.15) is 0 Å². The van der Waals surface area contributed by atoms with Gasteiger partial charge in [-0.25, -0.2) is 0 Å².